The molecule has 0 atom stereocenters. The monoisotopic (exact) mass is 479 g/mol. The summed E-state index contributed by atoms with van der Waals surface area (Å²) in [4.78, 5) is 19.1. The second-order valence-corrected chi connectivity index (χ2v) is 9.33. The Morgan fingerprint density at radius 3 is 2.47 bits per heavy atom. The molecule has 1 amide bonds. The zero-order valence-electron chi connectivity index (χ0n) is 19.0. The summed E-state index contributed by atoms with van der Waals surface area (Å²) in [6.45, 7) is 6.34. The number of aromatic nitrogens is 2. The van der Waals surface area contributed by atoms with Gasteiger partial charge in [-0.3, -0.25) is 4.79 Å². The molecule has 3 heterocycles. The van der Waals surface area contributed by atoms with Gasteiger partial charge < -0.3 is 19.4 Å². The van der Waals surface area contributed by atoms with Crippen LogP contribution in [0.3, 0.4) is 0 Å². The van der Waals surface area contributed by atoms with E-state index in [1.54, 1.807) is 4.90 Å². The maximum atomic E-state index is 13.2. The Labute approximate surface area is 202 Å². The van der Waals surface area contributed by atoms with Gasteiger partial charge in [-0.05, 0) is 61.0 Å². The number of rotatable bonds is 5. The topological polar surface area (TPSA) is 61.8 Å². The van der Waals surface area contributed by atoms with Crippen LogP contribution in [0, 0.1) is 12.7 Å². The number of halogens is 1. The maximum Gasteiger partial charge on any atom is 0.237 e. The van der Waals surface area contributed by atoms with Gasteiger partial charge >= 0.3 is 0 Å². The van der Waals surface area contributed by atoms with E-state index in [4.69, 9.17) is 4.74 Å². The van der Waals surface area contributed by atoms with Gasteiger partial charge in [-0.1, -0.05) is 17.8 Å². The lowest BCUT2D eigenvalue weighted by Crippen LogP contribution is -2.46. The molecule has 9 heteroatoms. The van der Waals surface area contributed by atoms with E-state index in [2.05, 4.69) is 20.0 Å². The molecule has 0 saturated carbocycles. The number of aryl methyl sites for hydroxylation is 1. The number of carbonyl (C=O) groups excluding carboxylic acids is 1. The Morgan fingerprint density at radius 1 is 0.971 bits per heavy atom. The third-order valence-electron chi connectivity index (χ3n) is 6.04. The predicted molar refractivity (Wildman–Crippen MR) is 133 cm³/mol. The number of amides is 1. The van der Waals surface area contributed by atoms with Gasteiger partial charge in [0.1, 0.15) is 23.2 Å². The van der Waals surface area contributed by atoms with Gasteiger partial charge in [0, 0.05) is 31.9 Å². The third-order valence-corrected chi connectivity index (χ3v) is 6.95. The van der Waals surface area contributed by atoms with E-state index >= 15 is 0 Å². The van der Waals surface area contributed by atoms with Crippen LogP contribution in [0.4, 0.5) is 21.6 Å². The Kier molecular flexibility index (Phi) is 6.53. The van der Waals surface area contributed by atoms with Crippen LogP contribution in [0.5, 0.6) is 5.75 Å². The zero-order chi connectivity index (χ0) is 23.5. The average Bonchev–Trinajstić information content (AvgIpc) is 2.88. The first kappa shape index (κ1) is 22.5. The second-order valence-electron chi connectivity index (χ2n) is 8.33. The van der Waals surface area contributed by atoms with E-state index in [0.717, 1.165) is 59.7 Å². The fourth-order valence-electron chi connectivity index (χ4n) is 4.20. The quantitative estimate of drug-likeness (QED) is 0.516. The number of piperazine rings is 1. The van der Waals surface area contributed by atoms with E-state index in [1.165, 1.54) is 23.9 Å². The molecular weight excluding hydrogens is 453 g/mol. The van der Waals surface area contributed by atoms with Gasteiger partial charge in [0.25, 0.3) is 0 Å². The van der Waals surface area contributed by atoms with Crippen LogP contribution in [0.2, 0.25) is 0 Å². The van der Waals surface area contributed by atoms with Crippen LogP contribution < -0.4 is 19.4 Å². The highest BCUT2D eigenvalue weighted by Crippen LogP contribution is 2.33. The molecule has 2 aromatic carbocycles. The van der Waals surface area contributed by atoms with Crippen LogP contribution in [-0.2, 0) is 4.79 Å². The molecule has 34 heavy (non-hydrogen) atoms. The van der Waals surface area contributed by atoms with Crippen molar-refractivity contribution < 1.29 is 13.9 Å². The number of hydrogen-bond acceptors (Lipinski definition) is 7. The summed E-state index contributed by atoms with van der Waals surface area (Å²) < 4.78 is 18.9. The lowest BCUT2D eigenvalue weighted by molar-refractivity contribution is -0.116. The summed E-state index contributed by atoms with van der Waals surface area (Å²) in [6.07, 6.45) is 0. The van der Waals surface area contributed by atoms with Crippen molar-refractivity contribution in [2.24, 2.45) is 0 Å². The highest BCUT2D eigenvalue weighted by molar-refractivity contribution is 7.99. The highest BCUT2D eigenvalue weighted by atomic mass is 32.2. The van der Waals surface area contributed by atoms with Gasteiger partial charge in [-0.2, -0.15) is 0 Å². The van der Waals surface area contributed by atoms with E-state index in [9.17, 15) is 9.18 Å². The number of fused-ring (bicyclic) bond motifs is 1. The number of benzene rings is 2. The molecule has 7 nitrogen and oxygen atoms in total. The van der Waals surface area contributed by atoms with Gasteiger partial charge in [0.2, 0.25) is 5.91 Å². The second kappa shape index (κ2) is 9.89. The SMILES string of the molecule is Cc1ccc2c(c1)N(C(=O)CSc1ccc(N3CCN(c4ccc(F)cc4)CC3)nn1)CCO2. The van der Waals surface area contributed by atoms with Gasteiger partial charge in [0.05, 0.1) is 18.0 Å². The molecule has 0 bridgehead atoms. The van der Waals surface area contributed by atoms with E-state index in [0.29, 0.717) is 13.2 Å². The molecule has 2 aliphatic rings. The number of anilines is 3. The van der Waals surface area contributed by atoms with E-state index in [-0.39, 0.29) is 17.5 Å². The summed E-state index contributed by atoms with van der Waals surface area (Å²) in [5.41, 5.74) is 2.95. The molecule has 0 spiro atoms. The van der Waals surface area contributed by atoms with Crippen LogP contribution in [0.25, 0.3) is 0 Å². The fraction of sp³-hybridized carbons (Fsp3) is 0.320. The molecule has 0 aliphatic carbocycles. The summed E-state index contributed by atoms with van der Waals surface area (Å²) in [5.74, 6) is 1.67. The van der Waals surface area contributed by atoms with Crippen LogP contribution >= 0.6 is 11.8 Å². The van der Waals surface area contributed by atoms with Crippen molar-refractivity contribution in [1.82, 2.24) is 10.2 Å². The number of hydrogen-bond donors (Lipinski definition) is 0. The summed E-state index contributed by atoms with van der Waals surface area (Å²) in [5, 5.41) is 9.45. The van der Waals surface area contributed by atoms with Crippen molar-refractivity contribution in [2.75, 3.05) is 59.8 Å². The molecule has 1 saturated heterocycles. The average molecular weight is 480 g/mol. The molecule has 5 rings (SSSR count). The van der Waals surface area contributed by atoms with Crippen molar-refractivity contribution >= 4 is 34.9 Å². The smallest absolute Gasteiger partial charge is 0.237 e. The van der Waals surface area contributed by atoms with Crippen molar-refractivity contribution in [3.8, 4) is 5.75 Å². The molecule has 2 aliphatic heterocycles. The third kappa shape index (κ3) is 4.94. The van der Waals surface area contributed by atoms with Crippen molar-refractivity contribution in [1.29, 1.82) is 0 Å². The Balaban J connectivity index is 1.15. The number of carbonyl (C=O) groups is 1. The maximum absolute atomic E-state index is 13.2. The molecule has 3 aromatic rings. The van der Waals surface area contributed by atoms with Crippen LogP contribution in [0.15, 0.2) is 59.6 Å². The van der Waals surface area contributed by atoms with Gasteiger partial charge in [-0.25, -0.2) is 4.39 Å². The fourth-order valence-corrected chi connectivity index (χ4v) is 4.89. The minimum atomic E-state index is -0.220. The molecule has 0 radical (unpaired) electrons. The lowest BCUT2D eigenvalue weighted by Gasteiger charge is -2.36. The van der Waals surface area contributed by atoms with Crippen LogP contribution in [-0.4, -0.2) is 61.2 Å². The summed E-state index contributed by atoms with van der Waals surface area (Å²) in [7, 11) is 0. The standard InChI is InChI=1S/C25H26FN5O2S/c1-18-2-7-22-21(16-18)31(14-15-33-22)25(32)17-34-24-9-8-23(27-28-24)30-12-10-29(11-13-30)20-5-3-19(26)4-6-20/h2-9,16H,10-15,17H2,1H3. The molecular formula is C25H26FN5O2S. The van der Waals surface area contributed by atoms with Gasteiger partial charge in [-0.15, -0.1) is 10.2 Å². The summed E-state index contributed by atoms with van der Waals surface area (Å²) in [6, 6.07) is 16.4. The first-order valence-corrected chi connectivity index (χ1v) is 12.3. The Hall–Kier alpha value is -3.33. The molecule has 176 valence electrons. The first-order chi connectivity index (χ1) is 16.6. The Morgan fingerprint density at radius 2 is 1.74 bits per heavy atom. The Bertz CT molecular complexity index is 1150. The minimum Gasteiger partial charge on any atom is -0.490 e. The number of nitrogens with zero attached hydrogens (tertiary/aromatic N) is 5. The largest absolute Gasteiger partial charge is 0.490 e. The molecule has 0 unspecified atom stereocenters. The highest BCUT2D eigenvalue weighted by Gasteiger charge is 2.24. The molecule has 1 aromatic heterocycles. The lowest BCUT2D eigenvalue weighted by atomic mass is 10.1. The zero-order valence-corrected chi connectivity index (χ0v) is 19.8. The summed E-state index contributed by atoms with van der Waals surface area (Å²) >= 11 is 1.39. The molecule has 0 N–H and O–H groups in total. The number of thioether (sulfide) groups is 1. The molecule has 1 fully saturated rings. The van der Waals surface area contributed by atoms with Crippen molar-refractivity contribution in [3.63, 3.8) is 0 Å². The van der Waals surface area contributed by atoms with Gasteiger partial charge in [0.15, 0.2) is 5.82 Å². The van der Waals surface area contributed by atoms with Crippen LogP contribution in [0.1, 0.15) is 5.56 Å². The normalized spacial score (nSPS) is 15.6. The number of ether oxygens (including phenoxy) is 1. The van der Waals surface area contributed by atoms with Crippen molar-refractivity contribution in [2.45, 2.75) is 11.9 Å². The van der Waals surface area contributed by atoms with E-state index < -0.39 is 0 Å². The first-order valence-electron chi connectivity index (χ1n) is 11.3. The van der Waals surface area contributed by atoms with Crippen molar-refractivity contribution in [3.05, 3.63) is 66.0 Å². The van der Waals surface area contributed by atoms with E-state index in [1.807, 2.05) is 49.4 Å². The minimum absolute atomic E-state index is 0.0305. The predicted octanol–water partition coefficient (Wildman–Crippen LogP) is 3.77.